The van der Waals surface area contributed by atoms with Crippen molar-refractivity contribution in [2.75, 3.05) is 13.1 Å². The van der Waals surface area contributed by atoms with Gasteiger partial charge in [-0.05, 0) is 37.8 Å². The maximum Gasteiger partial charge on any atom is 0.278 e. The minimum absolute atomic E-state index is 0.115. The highest BCUT2D eigenvalue weighted by Gasteiger charge is 2.31. The molecule has 0 aliphatic carbocycles. The fourth-order valence-corrected chi connectivity index (χ4v) is 3.44. The van der Waals surface area contributed by atoms with Crippen molar-refractivity contribution in [3.63, 3.8) is 0 Å². The molecule has 2 unspecified atom stereocenters. The summed E-state index contributed by atoms with van der Waals surface area (Å²) in [6.07, 6.45) is 1.66. The molecular formula is C19H23FN4O2. The molecule has 2 aromatic rings. The number of piperidine rings is 1. The minimum Gasteiger partial charge on any atom is -0.333 e. The van der Waals surface area contributed by atoms with Gasteiger partial charge in [-0.25, -0.2) is 9.07 Å². The van der Waals surface area contributed by atoms with Gasteiger partial charge in [-0.3, -0.25) is 9.59 Å². The smallest absolute Gasteiger partial charge is 0.278 e. The molecule has 0 bridgehead atoms. The van der Waals surface area contributed by atoms with Gasteiger partial charge in [0.05, 0.1) is 0 Å². The number of aryl methyl sites for hydroxylation is 1. The van der Waals surface area contributed by atoms with E-state index < -0.39 is 17.2 Å². The Kier molecular flexibility index (Phi) is 5.18. The number of hydrogen-bond donors (Lipinski definition) is 1. The van der Waals surface area contributed by atoms with Gasteiger partial charge in [0.2, 0.25) is 5.43 Å². The van der Waals surface area contributed by atoms with E-state index in [4.69, 9.17) is 5.73 Å². The van der Waals surface area contributed by atoms with Crippen LogP contribution in [0.3, 0.4) is 0 Å². The van der Waals surface area contributed by atoms with Crippen LogP contribution in [0.1, 0.15) is 35.9 Å². The van der Waals surface area contributed by atoms with Gasteiger partial charge in [0.1, 0.15) is 11.5 Å². The summed E-state index contributed by atoms with van der Waals surface area (Å²) in [6, 6.07) is 7.32. The largest absolute Gasteiger partial charge is 0.333 e. The van der Waals surface area contributed by atoms with E-state index in [0.717, 1.165) is 12.8 Å². The summed E-state index contributed by atoms with van der Waals surface area (Å²) in [5, 5.41) is 4.20. The van der Waals surface area contributed by atoms with Crippen molar-refractivity contribution < 1.29 is 9.18 Å². The molecule has 1 aromatic carbocycles. The van der Waals surface area contributed by atoms with E-state index in [-0.39, 0.29) is 17.4 Å². The van der Waals surface area contributed by atoms with Crippen LogP contribution in [0.5, 0.6) is 0 Å². The first-order chi connectivity index (χ1) is 12.4. The van der Waals surface area contributed by atoms with E-state index in [2.05, 4.69) is 12.0 Å². The van der Waals surface area contributed by atoms with Crippen molar-refractivity contribution >= 4 is 5.91 Å². The third-order valence-corrected chi connectivity index (χ3v) is 4.90. The van der Waals surface area contributed by atoms with Gasteiger partial charge < -0.3 is 10.6 Å². The molecule has 2 heterocycles. The molecule has 0 spiro atoms. The van der Waals surface area contributed by atoms with E-state index in [0.29, 0.717) is 24.7 Å². The van der Waals surface area contributed by atoms with Gasteiger partial charge in [0.15, 0.2) is 5.69 Å². The average Bonchev–Trinajstić information content (AvgIpc) is 2.62. The lowest BCUT2D eigenvalue weighted by Crippen LogP contribution is -2.50. The minimum atomic E-state index is -0.475. The first-order valence-corrected chi connectivity index (χ1v) is 8.79. The number of halogens is 1. The van der Waals surface area contributed by atoms with Crippen molar-refractivity contribution in [3.05, 3.63) is 57.8 Å². The summed E-state index contributed by atoms with van der Waals surface area (Å²) < 4.78 is 15.5. The number of rotatable bonds is 3. The Morgan fingerprint density at radius 1 is 1.38 bits per heavy atom. The third kappa shape index (κ3) is 3.39. The number of para-hydroxylation sites is 1. The normalized spacial score (nSPS) is 20.2. The predicted octanol–water partition coefficient (Wildman–Crippen LogP) is 1.88. The Morgan fingerprint density at radius 3 is 2.81 bits per heavy atom. The van der Waals surface area contributed by atoms with Crippen LogP contribution in [-0.2, 0) is 0 Å². The van der Waals surface area contributed by atoms with Crippen LogP contribution in [0.4, 0.5) is 4.39 Å². The van der Waals surface area contributed by atoms with Crippen LogP contribution >= 0.6 is 0 Å². The van der Waals surface area contributed by atoms with Crippen molar-refractivity contribution in [3.8, 4) is 5.69 Å². The number of carbonyl (C=O) groups excluding carboxylic acids is 1. The number of carbonyl (C=O) groups is 1. The van der Waals surface area contributed by atoms with Crippen LogP contribution in [0.2, 0.25) is 0 Å². The topological polar surface area (TPSA) is 81.2 Å². The number of nitrogens with zero attached hydrogens (tertiary/aromatic N) is 3. The Bertz CT molecular complexity index is 880. The molecule has 0 radical (unpaired) electrons. The Labute approximate surface area is 151 Å². The molecule has 7 heteroatoms. The molecule has 0 saturated carbocycles. The molecule has 3 rings (SSSR count). The number of hydrogen-bond acceptors (Lipinski definition) is 4. The van der Waals surface area contributed by atoms with Crippen LogP contribution in [0.15, 0.2) is 35.1 Å². The predicted molar refractivity (Wildman–Crippen MR) is 96.8 cm³/mol. The Hall–Kier alpha value is -2.54. The van der Waals surface area contributed by atoms with Gasteiger partial charge in [0, 0.05) is 30.9 Å². The van der Waals surface area contributed by atoms with E-state index in [1.54, 1.807) is 30.0 Å². The van der Waals surface area contributed by atoms with Gasteiger partial charge in [-0.1, -0.05) is 19.1 Å². The fourth-order valence-electron chi connectivity index (χ4n) is 3.44. The molecule has 26 heavy (non-hydrogen) atoms. The molecule has 1 saturated heterocycles. The number of aromatic nitrogens is 2. The highest BCUT2D eigenvalue weighted by molar-refractivity contribution is 5.92. The van der Waals surface area contributed by atoms with Crippen LogP contribution in [-0.4, -0.2) is 39.7 Å². The number of benzene rings is 1. The first-order valence-electron chi connectivity index (χ1n) is 8.79. The maximum absolute atomic E-state index is 14.2. The number of nitrogens with two attached hydrogens (primary N) is 1. The van der Waals surface area contributed by atoms with Crippen LogP contribution in [0, 0.1) is 18.7 Å². The zero-order chi connectivity index (χ0) is 18.8. The van der Waals surface area contributed by atoms with E-state index in [1.807, 2.05) is 0 Å². The summed E-state index contributed by atoms with van der Waals surface area (Å²) in [7, 11) is 0. The van der Waals surface area contributed by atoms with Crippen molar-refractivity contribution in [2.24, 2.45) is 11.7 Å². The van der Waals surface area contributed by atoms with Gasteiger partial charge in [-0.15, -0.1) is 0 Å². The highest BCUT2D eigenvalue weighted by atomic mass is 19.1. The summed E-state index contributed by atoms with van der Waals surface area (Å²) in [5.41, 5.74) is 5.82. The molecule has 1 aliphatic heterocycles. The van der Waals surface area contributed by atoms with Crippen molar-refractivity contribution in [1.82, 2.24) is 14.7 Å². The van der Waals surface area contributed by atoms with Gasteiger partial charge >= 0.3 is 0 Å². The lowest BCUT2D eigenvalue weighted by molar-refractivity contribution is 0.0564. The number of likely N-dealkylation sites (tertiary alicyclic amines) is 1. The lowest BCUT2D eigenvalue weighted by Gasteiger charge is -2.37. The zero-order valence-electron chi connectivity index (χ0n) is 15.0. The molecule has 138 valence electrons. The van der Waals surface area contributed by atoms with Crippen molar-refractivity contribution in [2.45, 2.75) is 32.7 Å². The summed E-state index contributed by atoms with van der Waals surface area (Å²) in [5.74, 6) is -0.437. The zero-order valence-corrected chi connectivity index (χ0v) is 15.0. The molecule has 1 amide bonds. The molecule has 1 aliphatic rings. The number of amides is 1. The first kappa shape index (κ1) is 18.3. The summed E-state index contributed by atoms with van der Waals surface area (Å²) in [6.45, 7) is 4.65. The molecular weight excluding hydrogens is 335 g/mol. The van der Waals surface area contributed by atoms with Gasteiger partial charge in [-0.2, -0.15) is 5.10 Å². The summed E-state index contributed by atoms with van der Waals surface area (Å²) in [4.78, 5) is 27.0. The standard InChI is InChI=1S/C19H23FN4O2/c1-12-7-8-23(14(9-12)11-21)19(26)18-17(25)10-13(2)24(22-18)16-6-4-3-5-15(16)20/h3-6,10,12,14H,7-9,11,21H2,1-2H3. The van der Waals surface area contributed by atoms with Crippen molar-refractivity contribution in [1.29, 1.82) is 0 Å². The monoisotopic (exact) mass is 358 g/mol. The van der Waals surface area contributed by atoms with E-state index in [1.165, 1.54) is 16.8 Å². The Morgan fingerprint density at radius 2 is 2.12 bits per heavy atom. The van der Waals surface area contributed by atoms with E-state index in [9.17, 15) is 14.0 Å². The molecule has 1 aromatic heterocycles. The molecule has 2 atom stereocenters. The molecule has 2 N–H and O–H groups in total. The maximum atomic E-state index is 14.2. The molecule has 6 nitrogen and oxygen atoms in total. The third-order valence-electron chi connectivity index (χ3n) is 4.90. The fraction of sp³-hybridized carbons (Fsp3) is 0.421. The van der Waals surface area contributed by atoms with Crippen LogP contribution in [0.25, 0.3) is 5.69 Å². The molecule has 1 fully saturated rings. The highest BCUT2D eigenvalue weighted by Crippen LogP contribution is 2.23. The van der Waals surface area contributed by atoms with E-state index >= 15 is 0 Å². The SMILES string of the molecule is Cc1cc(=O)c(C(=O)N2CCC(C)CC2CN)nn1-c1ccccc1F. The van der Waals surface area contributed by atoms with Gasteiger partial charge in [0.25, 0.3) is 5.91 Å². The van der Waals surface area contributed by atoms with Crippen LogP contribution < -0.4 is 11.2 Å². The second-order valence-corrected chi connectivity index (χ2v) is 6.88. The lowest BCUT2D eigenvalue weighted by atomic mass is 9.92. The average molecular weight is 358 g/mol. The quantitative estimate of drug-likeness (QED) is 0.908. The second-order valence-electron chi connectivity index (χ2n) is 6.88. The summed E-state index contributed by atoms with van der Waals surface area (Å²) >= 11 is 0. The second kappa shape index (κ2) is 7.37. The Balaban J connectivity index is 2.03.